The lowest BCUT2D eigenvalue weighted by Gasteiger charge is -2.32. The third-order valence-corrected chi connectivity index (χ3v) is 4.36. The second-order valence-corrected chi connectivity index (χ2v) is 5.97. The largest absolute Gasteiger partial charge is 0.465 e. The van der Waals surface area contributed by atoms with Crippen molar-refractivity contribution in [3.8, 4) is 0 Å². The molecule has 1 aliphatic heterocycles. The Morgan fingerprint density at radius 2 is 2.15 bits per heavy atom. The minimum Gasteiger partial charge on any atom is -0.465 e. The summed E-state index contributed by atoms with van der Waals surface area (Å²) >= 11 is 0. The molecule has 4 heteroatoms. The van der Waals surface area contributed by atoms with Gasteiger partial charge in [-0.2, -0.15) is 0 Å². The lowest BCUT2D eigenvalue weighted by atomic mass is 9.97. The van der Waals surface area contributed by atoms with Crippen LogP contribution in [0.4, 0.5) is 0 Å². The van der Waals surface area contributed by atoms with Crippen LogP contribution in [-0.2, 0) is 9.53 Å². The Hall–Kier alpha value is -0.610. The van der Waals surface area contributed by atoms with Gasteiger partial charge in [-0.3, -0.25) is 4.79 Å². The van der Waals surface area contributed by atoms with Crippen molar-refractivity contribution in [2.75, 3.05) is 26.2 Å². The predicted octanol–water partition coefficient (Wildman–Crippen LogP) is 2.57. The summed E-state index contributed by atoms with van der Waals surface area (Å²) in [7, 11) is 0. The third-order valence-electron chi connectivity index (χ3n) is 4.36. The molecule has 1 N–H and O–H groups in total. The number of esters is 1. The van der Waals surface area contributed by atoms with Gasteiger partial charge in [-0.15, -0.1) is 0 Å². The number of carbonyl (C=O) groups is 1. The minimum atomic E-state index is -0.549. The molecule has 2 unspecified atom stereocenters. The number of rotatable bonds is 9. The molecule has 0 aromatic heterocycles. The minimum absolute atomic E-state index is 0.110. The Morgan fingerprint density at radius 3 is 2.75 bits per heavy atom. The van der Waals surface area contributed by atoms with E-state index in [1.807, 2.05) is 13.8 Å². The van der Waals surface area contributed by atoms with Crippen LogP contribution in [0.15, 0.2) is 0 Å². The molecule has 2 atom stereocenters. The highest BCUT2D eigenvalue weighted by Gasteiger charge is 2.35. The number of carbonyl (C=O) groups excluding carboxylic acids is 1. The van der Waals surface area contributed by atoms with Gasteiger partial charge in [0.1, 0.15) is 5.54 Å². The Labute approximate surface area is 124 Å². The van der Waals surface area contributed by atoms with Crippen LogP contribution in [0.5, 0.6) is 0 Å². The van der Waals surface area contributed by atoms with Crippen molar-refractivity contribution >= 4 is 5.97 Å². The van der Waals surface area contributed by atoms with Crippen LogP contribution in [0.3, 0.4) is 0 Å². The monoisotopic (exact) mass is 284 g/mol. The molecule has 0 aromatic carbocycles. The average Bonchev–Trinajstić information content (AvgIpc) is 2.90. The fraction of sp³-hybridized carbons (Fsp3) is 0.938. The predicted molar refractivity (Wildman–Crippen MR) is 82.8 cm³/mol. The Bertz CT molecular complexity index is 296. The first kappa shape index (κ1) is 17.4. The fourth-order valence-corrected chi connectivity index (χ4v) is 2.97. The highest BCUT2D eigenvalue weighted by molar-refractivity contribution is 5.80. The number of ether oxygens (including phenoxy) is 1. The number of nitrogens with zero attached hydrogens (tertiary/aromatic N) is 1. The van der Waals surface area contributed by atoms with Crippen LogP contribution >= 0.6 is 0 Å². The van der Waals surface area contributed by atoms with Crippen LogP contribution in [0.2, 0.25) is 0 Å². The quantitative estimate of drug-likeness (QED) is 0.661. The van der Waals surface area contributed by atoms with E-state index in [0.29, 0.717) is 12.6 Å². The molecule has 118 valence electrons. The third kappa shape index (κ3) is 4.74. The topological polar surface area (TPSA) is 41.6 Å². The first-order chi connectivity index (χ1) is 9.57. The van der Waals surface area contributed by atoms with Crippen molar-refractivity contribution in [3.05, 3.63) is 0 Å². The molecule has 0 aliphatic carbocycles. The number of hydrogen-bond donors (Lipinski definition) is 1. The molecule has 0 bridgehead atoms. The average molecular weight is 284 g/mol. The van der Waals surface area contributed by atoms with Gasteiger partial charge in [-0.25, -0.2) is 0 Å². The normalized spacial score (nSPS) is 22.7. The number of nitrogens with one attached hydrogen (secondary N) is 1. The number of likely N-dealkylation sites (tertiary alicyclic amines) is 1. The number of hydrogen-bond acceptors (Lipinski definition) is 4. The highest BCUT2D eigenvalue weighted by atomic mass is 16.5. The molecule has 4 nitrogen and oxygen atoms in total. The van der Waals surface area contributed by atoms with Gasteiger partial charge in [0.15, 0.2) is 0 Å². The van der Waals surface area contributed by atoms with Gasteiger partial charge in [-0.05, 0) is 59.0 Å². The molecular weight excluding hydrogens is 252 g/mol. The second kappa shape index (κ2) is 8.63. The van der Waals surface area contributed by atoms with E-state index in [1.165, 1.54) is 25.8 Å². The van der Waals surface area contributed by atoms with Gasteiger partial charge < -0.3 is 15.0 Å². The molecule has 0 saturated carbocycles. The zero-order valence-corrected chi connectivity index (χ0v) is 13.7. The van der Waals surface area contributed by atoms with E-state index < -0.39 is 5.54 Å². The van der Waals surface area contributed by atoms with Crippen molar-refractivity contribution in [3.63, 3.8) is 0 Å². The summed E-state index contributed by atoms with van der Waals surface area (Å²) in [6.45, 7) is 11.7. The molecule has 20 heavy (non-hydrogen) atoms. The summed E-state index contributed by atoms with van der Waals surface area (Å²) in [4.78, 5) is 14.8. The van der Waals surface area contributed by atoms with Crippen LogP contribution in [0.1, 0.15) is 59.8 Å². The van der Waals surface area contributed by atoms with E-state index in [2.05, 4.69) is 24.1 Å². The van der Waals surface area contributed by atoms with Crippen LogP contribution < -0.4 is 5.32 Å². The molecule has 0 spiro atoms. The van der Waals surface area contributed by atoms with E-state index in [1.54, 1.807) is 0 Å². The van der Waals surface area contributed by atoms with Crippen molar-refractivity contribution < 1.29 is 9.53 Å². The smallest absolute Gasteiger partial charge is 0.326 e. The Balaban J connectivity index is 2.57. The molecular formula is C16H32N2O2. The van der Waals surface area contributed by atoms with Gasteiger partial charge >= 0.3 is 5.97 Å². The van der Waals surface area contributed by atoms with E-state index in [9.17, 15) is 4.79 Å². The molecule has 1 aliphatic rings. The first-order valence-electron chi connectivity index (χ1n) is 8.23. The van der Waals surface area contributed by atoms with Crippen LogP contribution in [0.25, 0.3) is 0 Å². The van der Waals surface area contributed by atoms with Gasteiger partial charge in [-0.1, -0.05) is 13.8 Å². The van der Waals surface area contributed by atoms with E-state index in [-0.39, 0.29) is 5.97 Å². The summed E-state index contributed by atoms with van der Waals surface area (Å²) in [6, 6.07) is 0.702. The Morgan fingerprint density at radius 1 is 1.40 bits per heavy atom. The molecule has 0 aromatic rings. The molecule has 0 radical (unpaired) electrons. The SMILES string of the molecule is CCCNC(C)(CCN1CCCC1CC)C(=O)OCC. The van der Waals surface area contributed by atoms with Gasteiger partial charge in [0.05, 0.1) is 6.61 Å². The van der Waals surface area contributed by atoms with E-state index in [4.69, 9.17) is 4.74 Å². The summed E-state index contributed by atoms with van der Waals surface area (Å²) < 4.78 is 5.25. The van der Waals surface area contributed by atoms with Crippen molar-refractivity contribution in [1.82, 2.24) is 10.2 Å². The second-order valence-electron chi connectivity index (χ2n) is 5.97. The maximum absolute atomic E-state index is 12.2. The summed E-state index contributed by atoms with van der Waals surface area (Å²) in [5.74, 6) is -0.110. The maximum atomic E-state index is 12.2. The lowest BCUT2D eigenvalue weighted by molar-refractivity contribution is -0.151. The fourth-order valence-electron chi connectivity index (χ4n) is 2.97. The maximum Gasteiger partial charge on any atom is 0.326 e. The van der Waals surface area contributed by atoms with Crippen molar-refractivity contribution in [1.29, 1.82) is 0 Å². The summed E-state index contributed by atoms with van der Waals surface area (Å²) in [6.07, 6.45) is 5.64. The standard InChI is InChI=1S/C16H32N2O2/c1-5-11-17-16(4,15(19)20-7-3)10-13-18-12-8-9-14(18)6-2/h14,17H,5-13H2,1-4H3. The van der Waals surface area contributed by atoms with Crippen LogP contribution in [-0.4, -0.2) is 48.7 Å². The van der Waals surface area contributed by atoms with Crippen LogP contribution in [0, 0.1) is 0 Å². The van der Waals surface area contributed by atoms with E-state index >= 15 is 0 Å². The molecule has 0 amide bonds. The van der Waals surface area contributed by atoms with Gasteiger partial charge in [0, 0.05) is 12.6 Å². The summed E-state index contributed by atoms with van der Waals surface area (Å²) in [5, 5.41) is 3.39. The van der Waals surface area contributed by atoms with E-state index in [0.717, 1.165) is 25.9 Å². The Kier molecular flexibility index (Phi) is 7.52. The highest BCUT2D eigenvalue weighted by Crippen LogP contribution is 2.22. The molecule has 1 heterocycles. The van der Waals surface area contributed by atoms with Crippen molar-refractivity contribution in [2.45, 2.75) is 71.4 Å². The zero-order chi connectivity index (χ0) is 15.0. The van der Waals surface area contributed by atoms with Gasteiger partial charge in [0.25, 0.3) is 0 Å². The summed E-state index contributed by atoms with van der Waals surface area (Å²) in [5.41, 5.74) is -0.549. The lowest BCUT2D eigenvalue weighted by Crippen LogP contribution is -2.52. The van der Waals surface area contributed by atoms with Gasteiger partial charge in [0.2, 0.25) is 0 Å². The molecule has 1 saturated heterocycles. The molecule has 1 fully saturated rings. The zero-order valence-electron chi connectivity index (χ0n) is 13.7. The molecule has 1 rings (SSSR count). The van der Waals surface area contributed by atoms with Crippen molar-refractivity contribution in [2.24, 2.45) is 0 Å². The first-order valence-corrected chi connectivity index (χ1v) is 8.23.